The lowest BCUT2D eigenvalue weighted by Gasteiger charge is -2.28. The van der Waals surface area contributed by atoms with Gasteiger partial charge in [-0.25, -0.2) is 0 Å². The Morgan fingerprint density at radius 1 is 1.39 bits per heavy atom. The predicted molar refractivity (Wildman–Crippen MR) is 76.4 cm³/mol. The van der Waals surface area contributed by atoms with Crippen LogP contribution in [-0.2, 0) is 10.2 Å². The molecule has 0 fully saturated rings. The molecule has 1 aromatic rings. The molecule has 3 heteroatoms. The molecule has 1 aliphatic heterocycles. The van der Waals surface area contributed by atoms with Crippen LogP contribution in [0.1, 0.15) is 33.3 Å². The fourth-order valence-corrected chi connectivity index (χ4v) is 2.66. The Labute approximate surface area is 109 Å². The third-order valence-electron chi connectivity index (χ3n) is 4.54. The van der Waals surface area contributed by atoms with Gasteiger partial charge in [-0.1, -0.05) is 19.9 Å². The molecule has 2 rings (SSSR count). The number of likely N-dealkylation sites (N-methyl/N-ethyl adjacent to an activating group) is 1. The lowest BCUT2D eigenvalue weighted by atomic mass is 9.81. The van der Waals surface area contributed by atoms with Crippen LogP contribution in [0.4, 0.5) is 11.4 Å². The van der Waals surface area contributed by atoms with Gasteiger partial charge in [0.05, 0.1) is 0 Å². The Morgan fingerprint density at radius 3 is 2.56 bits per heavy atom. The second-order valence-corrected chi connectivity index (χ2v) is 5.79. The van der Waals surface area contributed by atoms with Crippen LogP contribution >= 0.6 is 0 Å². The van der Waals surface area contributed by atoms with Crippen molar-refractivity contribution in [1.82, 2.24) is 0 Å². The first kappa shape index (κ1) is 12.9. The van der Waals surface area contributed by atoms with E-state index in [-0.39, 0.29) is 11.3 Å². The van der Waals surface area contributed by atoms with Gasteiger partial charge < -0.3 is 9.80 Å². The third-order valence-corrected chi connectivity index (χ3v) is 4.54. The van der Waals surface area contributed by atoms with Crippen molar-refractivity contribution in [2.75, 3.05) is 23.9 Å². The Kier molecular flexibility index (Phi) is 2.88. The molecule has 3 nitrogen and oxygen atoms in total. The zero-order chi connectivity index (χ0) is 13.7. The SMILES string of the molecule is CC(=O)N(C)c1ccc2c(c1)N(C)C(C)C2(C)C. The fourth-order valence-electron chi connectivity index (χ4n) is 2.66. The summed E-state index contributed by atoms with van der Waals surface area (Å²) >= 11 is 0. The first-order chi connectivity index (χ1) is 8.26. The topological polar surface area (TPSA) is 23.6 Å². The van der Waals surface area contributed by atoms with E-state index >= 15 is 0 Å². The van der Waals surface area contributed by atoms with Crippen LogP contribution in [0.15, 0.2) is 18.2 Å². The summed E-state index contributed by atoms with van der Waals surface area (Å²) < 4.78 is 0. The van der Waals surface area contributed by atoms with Crippen LogP contribution in [-0.4, -0.2) is 26.0 Å². The molecular formula is C15H22N2O. The fraction of sp³-hybridized carbons (Fsp3) is 0.533. The molecule has 0 aromatic heterocycles. The standard InChI is InChI=1S/C15H22N2O/c1-10-15(3,4)13-8-7-12(17(6)11(2)18)9-14(13)16(10)5/h7-10H,1-6H3. The number of rotatable bonds is 1. The largest absolute Gasteiger partial charge is 0.371 e. The highest BCUT2D eigenvalue weighted by Crippen LogP contribution is 2.45. The first-order valence-corrected chi connectivity index (χ1v) is 6.38. The Balaban J connectivity index is 2.50. The van der Waals surface area contributed by atoms with E-state index in [1.165, 1.54) is 11.3 Å². The molecular weight excluding hydrogens is 224 g/mol. The second-order valence-electron chi connectivity index (χ2n) is 5.79. The number of hydrogen-bond donors (Lipinski definition) is 0. The van der Waals surface area contributed by atoms with Crippen LogP contribution in [0.2, 0.25) is 0 Å². The molecule has 1 unspecified atom stereocenters. The Hall–Kier alpha value is -1.51. The van der Waals surface area contributed by atoms with Crippen molar-refractivity contribution < 1.29 is 4.79 Å². The van der Waals surface area contributed by atoms with Gasteiger partial charge in [0.25, 0.3) is 0 Å². The van der Waals surface area contributed by atoms with Gasteiger partial charge in [0.15, 0.2) is 0 Å². The van der Waals surface area contributed by atoms with Gasteiger partial charge >= 0.3 is 0 Å². The summed E-state index contributed by atoms with van der Waals surface area (Å²) in [6.07, 6.45) is 0. The van der Waals surface area contributed by atoms with Gasteiger partial charge in [0.1, 0.15) is 0 Å². The van der Waals surface area contributed by atoms with Crippen molar-refractivity contribution in [3.05, 3.63) is 23.8 Å². The number of anilines is 2. The maximum Gasteiger partial charge on any atom is 0.223 e. The summed E-state index contributed by atoms with van der Waals surface area (Å²) in [6.45, 7) is 8.38. The summed E-state index contributed by atoms with van der Waals surface area (Å²) in [5.41, 5.74) is 3.70. The van der Waals surface area contributed by atoms with Gasteiger partial charge in [-0.05, 0) is 24.6 Å². The van der Waals surface area contributed by atoms with E-state index in [4.69, 9.17) is 0 Å². The second kappa shape index (κ2) is 4.01. The molecule has 0 N–H and O–H groups in total. The van der Waals surface area contributed by atoms with Crippen LogP contribution in [0, 0.1) is 0 Å². The highest BCUT2D eigenvalue weighted by molar-refractivity contribution is 5.91. The zero-order valence-corrected chi connectivity index (χ0v) is 12.1. The summed E-state index contributed by atoms with van der Waals surface area (Å²) in [5, 5.41) is 0. The van der Waals surface area contributed by atoms with Crippen molar-refractivity contribution in [3.63, 3.8) is 0 Å². The number of amides is 1. The van der Waals surface area contributed by atoms with Gasteiger partial charge in [0, 0.05) is 43.9 Å². The summed E-state index contributed by atoms with van der Waals surface area (Å²) in [6, 6.07) is 6.77. The van der Waals surface area contributed by atoms with Crippen molar-refractivity contribution in [2.45, 2.75) is 39.2 Å². The van der Waals surface area contributed by atoms with Crippen molar-refractivity contribution in [2.24, 2.45) is 0 Å². The molecule has 98 valence electrons. The molecule has 1 aliphatic rings. The monoisotopic (exact) mass is 246 g/mol. The Bertz CT molecular complexity index is 493. The molecule has 0 saturated heterocycles. The molecule has 18 heavy (non-hydrogen) atoms. The number of carbonyl (C=O) groups is 1. The van der Waals surface area contributed by atoms with Crippen LogP contribution in [0.25, 0.3) is 0 Å². The lowest BCUT2D eigenvalue weighted by Crippen LogP contribution is -2.36. The number of benzene rings is 1. The number of hydrogen-bond acceptors (Lipinski definition) is 2. The average Bonchev–Trinajstić information content (AvgIpc) is 2.50. The molecule has 1 heterocycles. The number of carbonyl (C=O) groups excluding carboxylic acids is 1. The minimum atomic E-state index is 0.0582. The van der Waals surface area contributed by atoms with Crippen molar-refractivity contribution in [1.29, 1.82) is 0 Å². The Morgan fingerprint density at radius 2 is 2.00 bits per heavy atom. The quantitative estimate of drug-likeness (QED) is 0.760. The predicted octanol–water partition coefficient (Wildman–Crippen LogP) is 2.79. The van der Waals surface area contributed by atoms with Gasteiger partial charge in [-0.2, -0.15) is 0 Å². The molecule has 0 bridgehead atoms. The first-order valence-electron chi connectivity index (χ1n) is 6.38. The summed E-state index contributed by atoms with van der Waals surface area (Å²) in [7, 11) is 3.93. The van der Waals surface area contributed by atoms with Crippen LogP contribution < -0.4 is 9.80 Å². The summed E-state index contributed by atoms with van der Waals surface area (Å²) in [5.74, 6) is 0.0582. The molecule has 0 spiro atoms. The number of fused-ring (bicyclic) bond motifs is 1. The van der Waals surface area contributed by atoms with E-state index in [0.29, 0.717) is 6.04 Å². The molecule has 1 amide bonds. The smallest absolute Gasteiger partial charge is 0.223 e. The van der Waals surface area contributed by atoms with E-state index in [0.717, 1.165) is 5.69 Å². The van der Waals surface area contributed by atoms with Crippen LogP contribution in [0.3, 0.4) is 0 Å². The molecule has 1 atom stereocenters. The average molecular weight is 246 g/mol. The maximum absolute atomic E-state index is 11.4. The highest BCUT2D eigenvalue weighted by Gasteiger charge is 2.40. The van der Waals surface area contributed by atoms with E-state index in [1.54, 1.807) is 11.8 Å². The van der Waals surface area contributed by atoms with Crippen molar-refractivity contribution in [3.8, 4) is 0 Å². The van der Waals surface area contributed by atoms with Gasteiger partial charge in [-0.15, -0.1) is 0 Å². The minimum Gasteiger partial charge on any atom is -0.371 e. The van der Waals surface area contributed by atoms with Gasteiger partial charge in [0.2, 0.25) is 5.91 Å². The summed E-state index contributed by atoms with van der Waals surface area (Å²) in [4.78, 5) is 15.4. The highest BCUT2D eigenvalue weighted by atomic mass is 16.2. The van der Waals surface area contributed by atoms with E-state index in [1.807, 2.05) is 13.1 Å². The maximum atomic E-state index is 11.4. The molecule has 0 aliphatic carbocycles. The third kappa shape index (κ3) is 1.69. The molecule has 1 aromatic carbocycles. The minimum absolute atomic E-state index is 0.0582. The van der Waals surface area contributed by atoms with E-state index in [9.17, 15) is 4.79 Å². The van der Waals surface area contributed by atoms with Gasteiger partial charge in [-0.3, -0.25) is 4.79 Å². The molecule has 0 radical (unpaired) electrons. The van der Waals surface area contributed by atoms with Crippen LogP contribution in [0.5, 0.6) is 0 Å². The number of nitrogens with zero attached hydrogens (tertiary/aromatic N) is 2. The molecule has 0 saturated carbocycles. The van der Waals surface area contributed by atoms with E-state index < -0.39 is 0 Å². The van der Waals surface area contributed by atoms with Crippen molar-refractivity contribution >= 4 is 17.3 Å². The lowest BCUT2D eigenvalue weighted by molar-refractivity contribution is -0.116. The normalized spacial score (nSPS) is 20.8. The zero-order valence-electron chi connectivity index (χ0n) is 12.1. The van der Waals surface area contributed by atoms with E-state index in [2.05, 4.69) is 44.9 Å².